The minimum absolute atomic E-state index is 0.0565. The Morgan fingerprint density at radius 3 is 2.32 bits per heavy atom. The zero-order valence-corrected chi connectivity index (χ0v) is 23.4. The summed E-state index contributed by atoms with van der Waals surface area (Å²) in [4.78, 5) is 28.3. The van der Waals surface area contributed by atoms with Crippen molar-refractivity contribution in [2.24, 2.45) is 0 Å². The molecule has 0 aromatic heterocycles. The number of nitrogens with zero attached hydrogens (tertiary/aromatic N) is 2. The molecule has 0 radical (unpaired) electrons. The quantitative estimate of drug-likeness (QED) is 0.345. The first-order chi connectivity index (χ1) is 17.6. The van der Waals surface area contributed by atoms with Gasteiger partial charge in [0.25, 0.3) is 0 Å². The lowest BCUT2D eigenvalue weighted by molar-refractivity contribution is -0.140. The number of carbonyl (C=O) groups excluding carboxylic acids is 2. The van der Waals surface area contributed by atoms with E-state index in [1.54, 1.807) is 30.3 Å². The molecule has 0 heterocycles. The van der Waals surface area contributed by atoms with Gasteiger partial charge in [0.05, 0.1) is 22.0 Å². The molecule has 0 saturated carbocycles. The Morgan fingerprint density at radius 1 is 0.973 bits per heavy atom. The van der Waals surface area contributed by atoms with E-state index in [9.17, 15) is 18.0 Å². The Hall–Kier alpha value is -2.81. The van der Waals surface area contributed by atoms with Crippen LogP contribution in [-0.4, -0.2) is 50.5 Å². The highest BCUT2D eigenvalue weighted by molar-refractivity contribution is 7.92. The lowest BCUT2D eigenvalue weighted by atomic mass is 10.1. The molecule has 3 rings (SSSR count). The van der Waals surface area contributed by atoms with Crippen molar-refractivity contribution in [1.29, 1.82) is 0 Å². The molecule has 1 atom stereocenters. The van der Waals surface area contributed by atoms with Gasteiger partial charge in [-0.3, -0.25) is 13.9 Å². The molecule has 10 heteroatoms. The Balaban J connectivity index is 2.03. The van der Waals surface area contributed by atoms with E-state index in [0.717, 1.165) is 22.4 Å². The molecule has 3 aromatic carbocycles. The molecule has 7 nitrogen and oxygen atoms in total. The van der Waals surface area contributed by atoms with Gasteiger partial charge in [0.1, 0.15) is 12.6 Å². The van der Waals surface area contributed by atoms with Crippen LogP contribution in [0.1, 0.15) is 32.3 Å². The van der Waals surface area contributed by atoms with Crippen LogP contribution in [0.5, 0.6) is 0 Å². The monoisotopic (exact) mass is 563 g/mol. The normalized spacial score (nSPS) is 12.2. The third kappa shape index (κ3) is 7.15. The maximum atomic E-state index is 13.8. The molecule has 37 heavy (non-hydrogen) atoms. The van der Waals surface area contributed by atoms with Crippen LogP contribution in [0.2, 0.25) is 10.0 Å². The zero-order chi connectivity index (χ0) is 27.2. The summed E-state index contributed by atoms with van der Waals surface area (Å²) >= 11 is 12.3. The molecular weight excluding hydrogens is 533 g/mol. The van der Waals surface area contributed by atoms with Crippen LogP contribution in [0, 0.1) is 0 Å². The molecule has 0 saturated heterocycles. The first kappa shape index (κ1) is 28.8. The summed E-state index contributed by atoms with van der Waals surface area (Å²) in [6, 6.07) is 16.9. The van der Waals surface area contributed by atoms with E-state index >= 15 is 0 Å². The highest BCUT2D eigenvalue weighted by Gasteiger charge is 2.32. The first-order valence-electron chi connectivity index (χ1n) is 12.0. The largest absolute Gasteiger partial charge is 0.354 e. The van der Waals surface area contributed by atoms with Crippen molar-refractivity contribution in [1.82, 2.24) is 10.2 Å². The molecule has 0 aliphatic rings. The maximum Gasteiger partial charge on any atom is 0.244 e. The molecule has 1 N–H and O–H groups in total. The van der Waals surface area contributed by atoms with E-state index in [1.165, 1.54) is 4.90 Å². The first-order valence-corrected chi connectivity index (χ1v) is 14.6. The van der Waals surface area contributed by atoms with E-state index in [-0.39, 0.29) is 12.5 Å². The lowest BCUT2D eigenvalue weighted by Gasteiger charge is -2.33. The van der Waals surface area contributed by atoms with Crippen LogP contribution >= 0.6 is 23.2 Å². The fourth-order valence-corrected chi connectivity index (χ4v) is 5.32. The van der Waals surface area contributed by atoms with Crippen molar-refractivity contribution in [3.63, 3.8) is 0 Å². The number of anilines is 1. The smallest absolute Gasteiger partial charge is 0.244 e. The van der Waals surface area contributed by atoms with Crippen LogP contribution in [0.25, 0.3) is 10.8 Å². The predicted octanol–water partition coefficient (Wildman–Crippen LogP) is 5.25. The second-order valence-corrected chi connectivity index (χ2v) is 11.5. The Labute approximate surface area is 228 Å². The lowest BCUT2D eigenvalue weighted by Crippen LogP contribution is -2.52. The third-order valence-electron chi connectivity index (χ3n) is 5.99. The number of halogens is 2. The van der Waals surface area contributed by atoms with E-state index < -0.39 is 28.5 Å². The predicted molar refractivity (Wildman–Crippen MR) is 151 cm³/mol. The SMILES string of the molecule is CCCNC(=O)[C@@H](CC)N(Cc1ccc(Cl)c(Cl)c1)C(=O)CN(c1cccc2ccccc12)S(C)(=O)=O. The van der Waals surface area contributed by atoms with Gasteiger partial charge in [0, 0.05) is 18.5 Å². The Morgan fingerprint density at radius 2 is 1.68 bits per heavy atom. The van der Waals surface area contributed by atoms with Gasteiger partial charge in [-0.25, -0.2) is 8.42 Å². The van der Waals surface area contributed by atoms with Gasteiger partial charge < -0.3 is 10.2 Å². The van der Waals surface area contributed by atoms with Gasteiger partial charge >= 0.3 is 0 Å². The molecule has 2 amide bonds. The summed E-state index contributed by atoms with van der Waals surface area (Å²) in [6.07, 6.45) is 2.15. The molecule has 3 aromatic rings. The van der Waals surface area contributed by atoms with Crippen molar-refractivity contribution in [3.8, 4) is 0 Å². The molecule has 0 aliphatic carbocycles. The Kier molecular flexibility index (Phi) is 9.81. The van der Waals surface area contributed by atoms with Crippen LogP contribution in [0.3, 0.4) is 0 Å². The number of nitrogens with one attached hydrogen (secondary N) is 1. The number of benzene rings is 3. The number of amides is 2. The van der Waals surface area contributed by atoms with E-state index in [2.05, 4.69) is 5.32 Å². The fourth-order valence-electron chi connectivity index (χ4n) is 4.14. The summed E-state index contributed by atoms with van der Waals surface area (Å²) in [5.41, 5.74) is 1.06. The molecule has 198 valence electrons. The van der Waals surface area contributed by atoms with Gasteiger partial charge in [-0.05, 0) is 42.0 Å². The number of hydrogen-bond acceptors (Lipinski definition) is 4. The minimum atomic E-state index is -3.84. The summed E-state index contributed by atoms with van der Waals surface area (Å²) < 4.78 is 27.0. The van der Waals surface area contributed by atoms with Gasteiger partial charge in [-0.1, -0.05) is 79.5 Å². The zero-order valence-electron chi connectivity index (χ0n) is 21.1. The van der Waals surface area contributed by atoms with E-state index in [4.69, 9.17) is 23.2 Å². The van der Waals surface area contributed by atoms with Crippen molar-refractivity contribution < 1.29 is 18.0 Å². The highest BCUT2D eigenvalue weighted by Crippen LogP contribution is 2.29. The summed E-state index contributed by atoms with van der Waals surface area (Å²) in [6.45, 7) is 3.81. The molecule has 0 fully saturated rings. The number of fused-ring (bicyclic) bond motifs is 1. The third-order valence-corrected chi connectivity index (χ3v) is 7.85. The molecular formula is C27H31Cl2N3O4S. The number of sulfonamides is 1. The van der Waals surface area contributed by atoms with Crippen molar-refractivity contribution in [2.45, 2.75) is 39.3 Å². The van der Waals surface area contributed by atoms with E-state index in [1.807, 2.05) is 44.2 Å². The van der Waals surface area contributed by atoms with Crippen LogP contribution < -0.4 is 9.62 Å². The summed E-state index contributed by atoms with van der Waals surface area (Å²) in [7, 11) is -3.84. The Bertz CT molecular complexity index is 1380. The van der Waals surface area contributed by atoms with Crippen LogP contribution in [0.15, 0.2) is 60.7 Å². The highest BCUT2D eigenvalue weighted by atomic mass is 35.5. The van der Waals surface area contributed by atoms with Gasteiger partial charge in [-0.2, -0.15) is 0 Å². The van der Waals surface area contributed by atoms with Crippen molar-refractivity contribution >= 4 is 61.5 Å². The fraction of sp³-hybridized carbons (Fsp3) is 0.333. The summed E-state index contributed by atoms with van der Waals surface area (Å²) in [5, 5.41) is 5.09. The van der Waals surface area contributed by atoms with Gasteiger partial charge in [-0.15, -0.1) is 0 Å². The number of rotatable bonds is 11. The average Bonchev–Trinajstić information content (AvgIpc) is 2.86. The topological polar surface area (TPSA) is 86.8 Å². The standard InChI is InChI=1S/C27H31Cl2N3O4S/c1-4-15-30-27(34)24(5-2)31(17-19-13-14-22(28)23(29)16-19)26(33)18-32(37(3,35)36)25-12-8-10-20-9-6-7-11-21(20)25/h6-14,16,24H,4-5,15,17-18H2,1-3H3,(H,30,34)/t24-/m1/s1. The van der Waals surface area contributed by atoms with E-state index in [0.29, 0.717) is 39.6 Å². The molecule has 0 spiro atoms. The van der Waals surface area contributed by atoms with Crippen molar-refractivity contribution in [3.05, 3.63) is 76.3 Å². The minimum Gasteiger partial charge on any atom is -0.354 e. The van der Waals surface area contributed by atoms with Crippen LogP contribution in [0.4, 0.5) is 5.69 Å². The maximum absolute atomic E-state index is 13.8. The second kappa shape index (κ2) is 12.6. The van der Waals surface area contributed by atoms with Crippen molar-refractivity contribution in [2.75, 3.05) is 23.7 Å². The second-order valence-electron chi connectivity index (χ2n) is 8.75. The molecule has 0 bridgehead atoms. The van der Waals surface area contributed by atoms with Gasteiger partial charge in [0.15, 0.2) is 0 Å². The molecule has 0 aliphatic heterocycles. The average molecular weight is 565 g/mol. The number of hydrogen-bond donors (Lipinski definition) is 1. The van der Waals surface area contributed by atoms with Gasteiger partial charge in [0.2, 0.25) is 21.8 Å². The molecule has 0 unspecified atom stereocenters. The number of carbonyl (C=O) groups is 2. The van der Waals surface area contributed by atoms with Crippen LogP contribution in [-0.2, 0) is 26.2 Å². The summed E-state index contributed by atoms with van der Waals surface area (Å²) in [5.74, 6) is -0.809.